The molecule has 1 saturated carbocycles. The van der Waals surface area contributed by atoms with Crippen LogP contribution in [0.2, 0.25) is 0 Å². The maximum absolute atomic E-state index is 12.8. The Morgan fingerprint density at radius 2 is 2.00 bits per heavy atom. The standard InChI is InChI=1S/C19H23N3O3S/c20-8-5-17-21-14(12-26-17)18(23)22-19(6-1-2-7-19)13-3-4-15-16(11-13)25-10-9-24-15/h3-4,11-12H,1-2,5-10,20H2,(H,22,23). The van der Waals surface area contributed by atoms with Gasteiger partial charge in [-0.2, -0.15) is 0 Å². The number of nitrogens with one attached hydrogen (secondary N) is 1. The lowest BCUT2D eigenvalue weighted by Crippen LogP contribution is -2.44. The second-order valence-electron chi connectivity index (χ2n) is 6.77. The van der Waals surface area contributed by atoms with Crippen LogP contribution >= 0.6 is 11.3 Å². The molecular weight excluding hydrogens is 350 g/mol. The van der Waals surface area contributed by atoms with Gasteiger partial charge in [-0.25, -0.2) is 4.98 Å². The SMILES string of the molecule is NCCc1nc(C(=O)NC2(c3ccc4c(c3)OCCO4)CCCC2)cs1. The number of carbonyl (C=O) groups excluding carboxylic acids is 1. The minimum Gasteiger partial charge on any atom is -0.486 e. The largest absolute Gasteiger partial charge is 0.486 e. The Bertz CT molecular complexity index is 799. The number of fused-ring (bicyclic) bond motifs is 1. The molecule has 0 saturated heterocycles. The number of rotatable bonds is 5. The number of nitrogens with zero attached hydrogens (tertiary/aromatic N) is 1. The van der Waals surface area contributed by atoms with Crippen LogP contribution in [0.15, 0.2) is 23.6 Å². The molecule has 2 aliphatic rings. The third-order valence-corrected chi connectivity index (χ3v) is 5.96. The first kappa shape index (κ1) is 17.3. The maximum atomic E-state index is 12.8. The van der Waals surface area contributed by atoms with Gasteiger partial charge in [-0.15, -0.1) is 11.3 Å². The zero-order valence-corrected chi connectivity index (χ0v) is 15.4. The van der Waals surface area contributed by atoms with Gasteiger partial charge in [0.15, 0.2) is 11.5 Å². The summed E-state index contributed by atoms with van der Waals surface area (Å²) in [5.74, 6) is 1.40. The monoisotopic (exact) mass is 373 g/mol. The van der Waals surface area contributed by atoms with E-state index in [4.69, 9.17) is 15.2 Å². The van der Waals surface area contributed by atoms with Crippen molar-refractivity contribution in [1.82, 2.24) is 10.3 Å². The van der Waals surface area contributed by atoms with Gasteiger partial charge in [-0.1, -0.05) is 18.9 Å². The van der Waals surface area contributed by atoms with Crippen molar-refractivity contribution < 1.29 is 14.3 Å². The Hall–Kier alpha value is -2.12. The van der Waals surface area contributed by atoms with E-state index < -0.39 is 0 Å². The third kappa shape index (κ3) is 3.29. The van der Waals surface area contributed by atoms with E-state index in [-0.39, 0.29) is 11.4 Å². The van der Waals surface area contributed by atoms with E-state index in [0.717, 1.165) is 47.8 Å². The molecule has 1 aromatic carbocycles. The van der Waals surface area contributed by atoms with Crippen LogP contribution in [0.1, 0.15) is 46.7 Å². The molecule has 1 aliphatic carbocycles. The smallest absolute Gasteiger partial charge is 0.271 e. The summed E-state index contributed by atoms with van der Waals surface area (Å²) in [6, 6.07) is 6.00. The molecule has 3 N–H and O–H groups in total. The van der Waals surface area contributed by atoms with Crippen molar-refractivity contribution in [3.8, 4) is 11.5 Å². The van der Waals surface area contributed by atoms with E-state index in [2.05, 4.69) is 10.3 Å². The zero-order chi connectivity index (χ0) is 18.0. The fourth-order valence-corrected chi connectivity index (χ4v) is 4.53. The summed E-state index contributed by atoms with van der Waals surface area (Å²) in [5, 5.41) is 5.98. The minimum absolute atomic E-state index is 0.124. The van der Waals surface area contributed by atoms with E-state index in [0.29, 0.717) is 31.9 Å². The summed E-state index contributed by atoms with van der Waals surface area (Å²) in [6.07, 6.45) is 4.70. The summed E-state index contributed by atoms with van der Waals surface area (Å²) < 4.78 is 11.3. The van der Waals surface area contributed by atoms with Crippen molar-refractivity contribution in [3.63, 3.8) is 0 Å². The molecule has 0 radical (unpaired) electrons. The molecule has 1 fully saturated rings. The van der Waals surface area contributed by atoms with Gasteiger partial charge in [-0.3, -0.25) is 4.79 Å². The van der Waals surface area contributed by atoms with E-state index in [9.17, 15) is 4.79 Å². The highest BCUT2D eigenvalue weighted by molar-refractivity contribution is 7.09. The fourth-order valence-electron chi connectivity index (χ4n) is 3.74. The Kier molecular flexibility index (Phi) is 4.82. The average molecular weight is 373 g/mol. The number of amides is 1. The van der Waals surface area contributed by atoms with Crippen LogP contribution in [0.3, 0.4) is 0 Å². The van der Waals surface area contributed by atoms with E-state index in [1.54, 1.807) is 0 Å². The molecule has 4 rings (SSSR count). The Balaban J connectivity index is 1.59. The van der Waals surface area contributed by atoms with Crippen molar-refractivity contribution in [3.05, 3.63) is 39.8 Å². The number of benzene rings is 1. The van der Waals surface area contributed by atoms with Gasteiger partial charge in [0.1, 0.15) is 18.9 Å². The molecular formula is C19H23N3O3S. The molecule has 0 bridgehead atoms. The first-order valence-electron chi connectivity index (χ1n) is 9.07. The van der Waals surface area contributed by atoms with E-state index >= 15 is 0 Å². The number of carbonyl (C=O) groups is 1. The predicted molar refractivity (Wildman–Crippen MR) is 99.9 cm³/mol. The topological polar surface area (TPSA) is 86.5 Å². The predicted octanol–water partition coefficient (Wildman–Crippen LogP) is 2.61. The number of ether oxygens (including phenoxy) is 2. The van der Waals surface area contributed by atoms with Gasteiger partial charge >= 0.3 is 0 Å². The number of nitrogens with two attached hydrogens (primary N) is 1. The molecule has 0 unspecified atom stereocenters. The molecule has 138 valence electrons. The highest BCUT2D eigenvalue weighted by Crippen LogP contribution is 2.42. The lowest BCUT2D eigenvalue weighted by atomic mass is 9.87. The van der Waals surface area contributed by atoms with Crippen molar-refractivity contribution in [2.75, 3.05) is 19.8 Å². The van der Waals surface area contributed by atoms with Crippen LogP contribution in [-0.2, 0) is 12.0 Å². The number of aromatic nitrogens is 1. The molecule has 2 heterocycles. The van der Waals surface area contributed by atoms with Gasteiger partial charge in [0.2, 0.25) is 0 Å². The first-order valence-corrected chi connectivity index (χ1v) is 9.95. The summed E-state index contributed by atoms with van der Waals surface area (Å²) in [5.41, 5.74) is 6.75. The maximum Gasteiger partial charge on any atom is 0.271 e. The van der Waals surface area contributed by atoms with Crippen molar-refractivity contribution in [1.29, 1.82) is 0 Å². The number of hydrogen-bond donors (Lipinski definition) is 2. The molecule has 2 aromatic rings. The van der Waals surface area contributed by atoms with Crippen molar-refractivity contribution in [2.45, 2.75) is 37.6 Å². The molecule has 26 heavy (non-hydrogen) atoms. The molecule has 0 spiro atoms. The number of thiazole rings is 1. The minimum atomic E-state index is -0.370. The van der Waals surface area contributed by atoms with Gasteiger partial charge in [-0.05, 0) is 37.1 Å². The van der Waals surface area contributed by atoms with E-state index in [1.807, 2.05) is 23.6 Å². The Labute approximate surface area is 156 Å². The molecule has 6 nitrogen and oxygen atoms in total. The van der Waals surface area contributed by atoms with Gasteiger partial charge in [0, 0.05) is 11.8 Å². The highest BCUT2D eigenvalue weighted by atomic mass is 32.1. The Morgan fingerprint density at radius 1 is 1.23 bits per heavy atom. The Morgan fingerprint density at radius 3 is 2.77 bits per heavy atom. The van der Waals surface area contributed by atoms with Crippen molar-refractivity contribution in [2.24, 2.45) is 5.73 Å². The zero-order valence-electron chi connectivity index (χ0n) is 14.6. The van der Waals surface area contributed by atoms with Gasteiger partial charge < -0.3 is 20.5 Å². The summed E-state index contributed by atoms with van der Waals surface area (Å²) in [4.78, 5) is 17.3. The van der Waals surface area contributed by atoms with Crippen LogP contribution in [0.4, 0.5) is 0 Å². The summed E-state index contributed by atoms with van der Waals surface area (Å²) >= 11 is 1.49. The first-order chi connectivity index (χ1) is 12.7. The molecule has 0 atom stereocenters. The second kappa shape index (κ2) is 7.25. The number of hydrogen-bond acceptors (Lipinski definition) is 6. The van der Waals surface area contributed by atoms with Crippen LogP contribution in [0.5, 0.6) is 11.5 Å². The van der Waals surface area contributed by atoms with Crippen molar-refractivity contribution >= 4 is 17.2 Å². The quantitative estimate of drug-likeness (QED) is 0.841. The normalized spacial score (nSPS) is 17.9. The fraction of sp³-hybridized carbons (Fsp3) is 0.474. The van der Waals surface area contributed by atoms with Gasteiger partial charge in [0.25, 0.3) is 5.91 Å². The van der Waals surface area contributed by atoms with Crippen LogP contribution in [0, 0.1) is 0 Å². The van der Waals surface area contributed by atoms with E-state index in [1.165, 1.54) is 11.3 Å². The van der Waals surface area contributed by atoms with Gasteiger partial charge in [0.05, 0.1) is 10.5 Å². The second-order valence-corrected chi connectivity index (χ2v) is 7.71. The third-order valence-electron chi connectivity index (χ3n) is 5.05. The summed E-state index contributed by atoms with van der Waals surface area (Å²) in [6.45, 7) is 1.66. The highest BCUT2D eigenvalue weighted by Gasteiger charge is 2.38. The molecule has 7 heteroatoms. The van der Waals surface area contributed by atoms with Crippen LogP contribution in [-0.4, -0.2) is 30.6 Å². The lowest BCUT2D eigenvalue weighted by molar-refractivity contribution is 0.0893. The summed E-state index contributed by atoms with van der Waals surface area (Å²) in [7, 11) is 0. The lowest BCUT2D eigenvalue weighted by Gasteiger charge is -2.32. The van der Waals surface area contributed by atoms with Crippen LogP contribution in [0.25, 0.3) is 0 Å². The molecule has 1 aliphatic heterocycles. The molecule has 1 aromatic heterocycles. The average Bonchev–Trinajstić information content (AvgIpc) is 3.32. The molecule has 1 amide bonds. The van der Waals surface area contributed by atoms with Crippen LogP contribution < -0.4 is 20.5 Å².